The Labute approximate surface area is 90.2 Å². The molecule has 1 unspecified atom stereocenters. The molecule has 4 nitrogen and oxygen atoms in total. The second-order valence-corrected chi connectivity index (χ2v) is 3.65. The summed E-state index contributed by atoms with van der Waals surface area (Å²) in [7, 11) is 1.39. The lowest BCUT2D eigenvalue weighted by molar-refractivity contribution is -0.144. The Balaban J connectivity index is 3.10. The molecule has 1 heterocycles. The minimum atomic E-state index is -0.353. The molecular formula is C11H18N2O2. The van der Waals surface area contributed by atoms with E-state index in [-0.39, 0.29) is 12.0 Å². The van der Waals surface area contributed by atoms with Crippen LogP contribution in [0.2, 0.25) is 0 Å². The zero-order valence-corrected chi connectivity index (χ0v) is 10.00. The van der Waals surface area contributed by atoms with Gasteiger partial charge in [-0.1, -0.05) is 6.92 Å². The second kappa shape index (κ2) is 4.47. The predicted octanol–water partition coefficient (Wildman–Crippen LogP) is 1.80. The number of methoxy groups -OCH3 is 1. The number of nitrogens with zero attached hydrogens (tertiary/aromatic N) is 2. The van der Waals surface area contributed by atoms with Gasteiger partial charge in [-0.25, -0.2) is 4.79 Å². The van der Waals surface area contributed by atoms with Crippen molar-refractivity contribution in [3.8, 4) is 0 Å². The van der Waals surface area contributed by atoms with Crippen molar-refractivity contribution in [1.29, 1.82) is 0 Å². The minimum Gasteiger partial charge on any atom is -0.467 e. The summed E-state index contributed by atoms with van der Waals surface area (Å²) in [5.41, 5.74) is 3.25. The summed E-state index contributed by atoms with van der Waals surface area (Å²) in [4.78, 5) is 11.4. The fraction of sp³-hybridized carbons (Fsp3) is 0.636. The van der Waals surface area contributed by atoms with Crippen LogP contribution in [0.3, 0.4) is 0 Å². The van der Waals surface area contributed by atoms with Crippen molar-refractivity contribution in [1.82, 2.24) is 9.78 Å². The fourth-order valence-electron chi connectivity index (χ4n) is 1.86. The van der Waals surface area contributed by atoms with Gasteiger partial charge in [0.1, 0.15) is 6.04 Å². The van der Waals surface area contributed by atoms with Crippen molar-refractivity contribution in [3.05, 3.63) is 17.0 Å². The van der Waals surface area contributed by atoms with E-state index in [0.717, 1.165) is 17.8 Å². The highest BCUT2D eigenvalue weighted by atomic mass is 16.5. The van der Waals surface area contributed by atoms with Gasteiger partial charge in [0.25, 0.3) is 0 Å². The van der Waals surface area contributed by atoms with Crippen LogP contribution in [0.25, 0.3) is 0 Å². The number of rotatable bonds is 3. The van der Waals surface area contributed by atoms with Gasteiger partial charge in [0.2, 0.25) is 0 Å². The number of carbonyl (C=O) groups excluding carboxylic acids is 1. The molecule has 1 rings (SSSR count). The minimum absolute atomic E-state index is 0.261. The molecule has 0 amide bonds. The van der Waals surface area contributed by atoms with Gasteiger partial charge in [-0.2, -0.15) is 5.10 Å². The van der Waals surface area contributed by atoms with Crippen LogP contribution < -0.4 is 0 Å². The third-order valence-corrected chi connectivity index (χ3v) is 2.74. The third-order valence-electron chi connectivity index (χ3n) is 2.74. The Morgan fingerprint density at radius 1 is 1.53 bits per heavy atom. The van der Waals surface area contributed by atoms with E-state index >= 15 is 0 Å². The van der Waals surface area contributed by atoms with Gasteiger partial charge >= 0.3 is 5.97 Å². The molecular weight excluding hydrogens is 192 g/mol. The molecule has 4 heteroatoms. The highest BCUT2D eigenvalue weighted by molar-refractivity contribution is 5.73. The Morgan fingerprint density at radius 2 is 2.13 bits per heavy atom. The first-order chi connectivity index (χ1) is 7.02. The summed E-state index contributed by atoms with van der Waals surface area (Å²) >= 11 is 0. The molecule has 0 aromatic carbocycles. The molecule has 15 heavy (non-hydrogen) atoms. The van der Waals surface area contributed by atoms with Crippen LogP contribution in [0.4, 0.5) is 0 Å². The van der Waals surface area contributed by atoms with E-state index in [2.05, 4.69) is 12.0 Å². The van der Waals surface area contributed by atoms with E-state index in [9.17, 15) is 4.79 Å². The van der Waals surface area contributed by atoms with Crippen molar-refractivity contribution >= 4 is 5.97 Å². The van der Waals surface area contributed by atoms with E-state index in [4.69, 9.17) is 4.74 Å². The highest BCUT2D eigenvalue weighted by Crippen LogP contribution is 2.18. The van der Waals surface area contributed by atoms with Crippen LogP contribution in [0.1, 0.15) is 36.8 Å². The molecule has 0 saturated heterocycles. The number of hydrogen-bond acceptors (Lipinski definition) is 3. The first kappa shape index (κ1) is 11.8. The molecule has 0 N–H and O–H groups in total. The van der Waals surface area contributed by atoms with Gasteiger partial charge in [-0.3, -0.25) is 4.68 Å². The van der Waals surface area contributed by atoms with Crippen LogP contribution in [0.15, 0.2) is 0 Å². The Hall–Kier alpha value is -1.32. The molecule has 1 atom stereocenters. The lowest BCUT2D eigenvalue weighted by atomic mass is 10.1. The molecule has 0 bridgehead atoms. The molecule has 0 aliphatic heterocycles. The zero-order chi connectivity index (χ0) is 11.6. The van der Waals surface area contributed by atoms with Crippen molar-refractivity contribution in [2.24, 2.45) is 0 Å². The maximum atomic E-state index is 11.4. The molecule has 0 spiro atoms. The number of aryl methyl sites for hydroxylation is 1. The molecule has 0 fully saturated rings. The summed E-state index contributed by atoms with van der Waals surface area (Å²) in [6, 6.07) is -0.353. The summed E-state index contributed by atoms with van der Waals surface area (Å²) in [5, 5.41) is 4.37. The topological polar surface area (TPSA) is 44.1 Å². The van der Waals surface area contributed by atoms with Crippen molar-refractivity contribution in [2.45, 2.75) is 40.2 Å². The lowest BCUT2D eigenvalue weighted by Gasteiger charge is -2.11. The predicted molar refractivity (Wildman–Crippen MR) is 57.8 cm³/mol. The van der Waals surface area contributed by atoms with Crippen molar-refractivity contribution < 1.29 is 9.53 Å². The van der Waals surface area contributed by atoms with E-state index < -0.39 is 0 Å². The SMILES string of the molecule is CCc1c(C)nn(C(C)C(=O)OC)c1C. The molecule has 1 aromatic heterocycles. The van der Waals surface area contributed by atoms with Gasteiger partial charge in [0, 0.05) is 5.69 Å². The Bertz CT molecular complexity index is 369. The largest absolute Gasteiger partial charge is 0.467 e. The number of aromatic nitrogens is 2. The van der Waals surface area contributed by atoms with Gasteiger partial charge < -0.3 is 4.74 Å². The smallest absolute Gasteiger partial charge is 0.330 e. The quantitative estimate of drug-likeness (QED) is 0.714. The van der Waals surface area contributed by atoms with Crippen molar-refractivity contribution in [3.63, 3.8) is 0 Å². The Morgan fingerprint density at radius 3 is 2.53 bits per heavy atom. The van der Waals surface area contributed by atoms with Gasteiger partial charge in [-0.15, -0.1) is 0 Å². The van der Waals surface area contributed by atoms with Crippen LogP contribution in [-0.2, 0) is 16.0 Å². The zero-order valence-electron chi connectivity index (χ0n) is 10.00. The van der Waals surface area contributed by atoms with Gasteiger partial charge in [0.05, 0.1) is 12.8 Å². The van der Waals surface area contributed by atoms with Crippen molar-refractivity contribution in [2.75, 3.05) is 7.11 Å². The van der Waals surface area contributed by atoms with E-state index in [1.807, 2.05) is 13.8 Å². The van der Waals surface area contributed by atoms with Crippen LogP contribution >= 0.6 is 0 Å². The average molecular weight is 210 g/mol. The Kier molecular flexibility index (Phi) is 3.50. The van der Waals surface area contributed by atoms with E-state index in [1.54, 1.807) is 11.6 Å². The number of ether oxygens (including phenoxy) is 1. The highest BCUT2D eigenvalue weighted by Gasteiger charge is 2.20. The van der Waals surface area contributed by atoms with Gasteiger partial charge in [0.15, 0.2) is 0 Å². The monoisotopic (exact) mass is 210 g/mol. The van der Waals surface area contributed by atoms with Gasteiger partial charge in [-0.05, 0) is 32.8 Å². The molecule has 0 saturated carbocycles. The second-order valence-electron chi connectivity index (χ2n) is 3.65. The summed E-state index contributed by atoms with van der Waals surface area (Å²) in [6.45, 7) is 7.83. The average Bonchev–Trinajstić information content (AvgIpc) is 2.51. The third kappa shape index (κ3) is 2.03. The van der Waals surface area contributed by atoms with Crippen LogP contribution in [0, 0.1) is 13.8 Å². The maximum absolute atomic E-state index is 11.4. The number of esters is 1. The first-order valence-electron chi connectivity index (χ1n) is 5.15. The summed E-state index contributed by atoms with van der Waals surface area (Å²) < 4.78 is 6.44. The van der Waals surface area contributed by atoms with E-state index in [1.165, 1.54) is 12.7 Å². The lowest BCUT2D eigenvalue weighted by Crippen LogP contribution is -2.20. The molecule has 0 aliphatic rings. The number of carbonyl (C=O) groups is 1. The molecule has 1 aromatic rings. The number of hydrogen-bond donors (Lipinski definition) is 0. The molecule has 84 valence electrons. The first-order valence-corrected chi connectivity index (χ1v) is 5.15. The fourth-order valence-corrected chi connectivity index (χ4v) is 1.86. The van der Waals surface area contributed by atoms with Crippen LogP contribution in [0.5, 0.6) is 0 Å². The van der Waals surface area contributed by atoms with E-state index in [0.29, 0.717) is 0 Å². The summed E-state index contributed by atoms with van der Waals surface area (Å²) in [5.74, 6) is -0.261. The summed E-state index contributed by atoms with van der Waals surface area (Å²) in [6.07, 6.45) is 0.936. The molecule has 0 radical (unpaired) electrons. The van der Waals surface area contributed by atoms with Crippen LogP contribution in [-0.4, -0.2) is 22.9 Å². The molecule has 0 aliphatic carbocycles. The maximum Gasteiger partial charge on any atom is 0.330 e. The normalized spacial score (nSPS) is 12.6. The standard InChI is InChI=1S/C11H18N2O2/c1-6-10-7(2)12-13(8(10)3)9(4)11(14)15-5/h9H,6H2,1-5H3.